The highest BCUT2D eigenvalue weighted by Crippen LogP contribution is 2.56. The highest BCUT2D eigenvalue weighted by Gasteiger charge is 2.69. The molecule has 0 radical (unpaired) electrons. The maximum atomic E-state index is 14.1. The summed E-state index contributed by atoms with van der Waals surface area (Å²) in [6.07, 6.45) is 0.0939. The van der Waals surface area contributed by atoms with E-state index in [2.05, 4.69) is 0 Å². The van der Waals surface area contributed by atoms with Gasteiger partial charge in [0.25, 0.3) is 0 Å². The molecule has 0 spiro atoms. The lowest BCUT2D eigenvalue weighted by molar-refractivity contribution is -0.199. The van der Waals surface area contributed by atoms with Crippen molar-refractivity contribution < 1.29 is 35.6 Å². The van der Waals surface area contributed by atoms with Gasteiger partial charge in [0.2, 0.25) is 0 Å². The van der Waals surface area contributed by atoms with Gasteiger partial charge in [-0.3, -0.25) is 4.55 Å². The van der Waals surface area contributed by atoms with E-state index in [1.54, 1.807) is 0 Å². The molecule has 0 aromatic heterocycles. The molecular weight excluding hydrogens is 340 g/mol. The van der Waals surface area contributed by atoms with E-state index in [0.717, 1.165) is 0 Å². The summed E-state index contributed by atoms with van der Waals surface area (Å²) in [4.78, 5) is 0. The van der Waals surface area contributed by atoms with E-state index in [1.165, 1.54) is 6.92 Å². The minimum Gasteiger partial charge on any atom is -0.393 e. The van der Waals surface area contributed by atoms with Crippen LogP contribution in [-0.4, -0.2) is 35.4 Å². The first-order valence-corrected chi connectivity index (χ1v) is 9.19. The van der Waals surface area contributed by atoms with Gasteiger partial charge in [0, 0.05) is 5.92 Å². The molecule has 2 fully saturated rings. The molecule has 6 unspecified atom stereocenters. The fourth-order valence-electron chi connectivity index (χ4n) is 4.47. The van der Waals surface area contributed by atoms with Gasteiger partial charge in [0.15, 0.2) is 0 Å². The van der Waals surface area contributed by atoms with Crippen LogP contribution in [0.2, 0.25) is 0 Å². The minimum atomic E-state index is -6.20. The molecule has 2 aliphatic rings. The highest BCUT2D eigenvalue weighted by atomic mass is 32.2. The van der Waals surface area contributed by atoms with Gasteiger partial charge < -0.3 is 5.11 Å². The van der Waals surface area contributed by atoms with Gasteiger partial charge in [0.05, 0.1) is 6.10 Å². The van der Waals surface area contributed by atoms with Gasteiger partial charge in [-0.15, -0.1) is 0 Å². The third-order valence-electron chi connectivity index (χ3n) is 5.84. The lowest BCUT2D eigenvalue weighted by Crippen LogP contribution is -2.52. The zero-order valence-electron chi connectivity index (χ0n) is 12.9. The van der Waals surface area contributed by atoms with Crippen molar-refractivity contribution in [3.05, 3.63) is 0 Å². The molecule has 6 atom stereocenters. The van der Waals surface area contributed by atoms with Gasteiger partial charge in [-0.25, -0.2) is 0 Å². The van der Waals surface area contributed by atoms with Crippen LogP contribution in [0.3, 0.4) is 0 Å². The summed E-state index contributed by atoms with van der Waals surface area (Å²) in [5.41, 5.74) is 0. The van der Waals surface area contributed by atoms with Crippen LogP contribution in [-0.2, 0) is 10.1 Å². The van der Waals surface area contributed by atoms with Crippen LogP contribution in [0.25, 0.3) is 0 Å². The van der Waals surface area contributed by atoms with Crippen LogP contribution in [0, 0.1) is 29.6 Å². The normalized spacial score (nSPS) is 36.4. The molecule has 136 valence electrons. The average molecular weight is 362 g/mol. The number of hydrogen-bond acceptors (Lipinski definition) is 3. The van der Waals surface area contributed by atoms with Crippen molar-refractivity contribution in [1.29, 1.82) is 0 Å². The number of hydrogen-bond donors (Lipinski definition) is 2. The van der Waals surface area contributed by atoms with Crippen LogP contribution in [0.4, 0.5) is 17.6 Å². The average Bonchev–Trinajstić information content (AvgIpc) is 2.91. The molecule has 9 heteroatoms. The molecule has 2 bridgehead atoms. The Labute approximate surface area is 133 Å². The monoisotopic (exact) mass is 362 g/mol. The van der Waals surface area contributed by atoms with Gasteiger partial charge in [-0.05, 0) is 49.4 Å². The number of aliphatic hydroxyl groups excluding tert-OH is 1. The number of rotatable bonds is 6. The highest BCUT2D eigenvalue weighted by molar-refractivity contribution is 7.87. The molecule has 23 heavy (non-hydrogen) atoms. The summed E-state index contributed by atoms with van der Waals surface area (Å²) in [7, 11) is -6.20. The molecule has 2 N–H and O–H groups in total. The standard InChI is InChI=1S/C14H22F4O4S/c1-3-9(13(15,16)14(17,18)23(20,21)22)6-10-7(2)11-4-8(10)5-12(11)19/h7-12,19H,3-6H2,1-2H3,(H,20,21,22). The Morgan fingerprint density at radius 2 is 1.78 bits per heavy atom. The van der Waals surface area contributed by atoms with E-state index in [4.69, 9.17) is 4.55 Å². The molecule has 0 saturated heterocycles. The first-order chi connectivity index (χ1) is 10.3. The van der Waals surface area contributed by atoms with Crippen molar-refractivity contribution in [2.45, 2.75) is 56.8 Å². The summed E-state index contributed by atoms with van der Waals surface area (Å²) in [6, 6.07) is 0. The minimum absolute atomic E-state index is 0.00536. The van der Waals surface area contributed by atoms with Crippen LogP contribution >= 0.6 is 0 Å². The van der Waals surface area contributed by atoms with Crippen molar-refractivity contribution in [3.8, 4) is 0 Å². The van der Waals surface area contributed by atoms with E-state index >= 15 is 0 Å². The molecule has 0 aromatic rings. The lowest BCUT2D eigenvalue weighted by atomic mass is 9.73. The first kappa shape index (κ1) is 18.9. The number of aliphatic hydroxyl groups is 1. The van der Waals surface area contributed by atoms with Gasteiger partial charge >= 0.3 is 21.3 Å². The molecule has 0 aromatic carbocycles. The van der Waals surface area contributed by atoms with E-state index < -0.39 is 33.3 Å². The Morgan fingerprint density at radius 1 is 1.22 bits per heavy atom. The first-order valence-electron chi connectivity index (χ1n) is 7.75. The second-order valence-corrected chi connectivity index (χ2v) is 8.40. The van der Waals surface area contributed by atoms with Crippen molar-refractivity contribution >= 4 is 10.1 Å². The maximum Gasteiger partial charge on any atom is 0.431 e. The smallest absolute Gasteiger partial charge is 0.393 e. The van der Waals surface area contributed by atoms with E-state index in [-0.39, 0.29) is 36.5 Å². The molecule has 2 aliphatic carbocycles. The Hall–Kier alpha value is -0.410. The van der Waals surface area contributed by atoms with Crippen LogP contribution < -0.4 is 0 Å². The quantitative estimate of drug-likeness (QED) is 0.562. The predicted octanol–water partition coefficient (Wildman–Crippen LogP) is 3.17. The van der Waals surface area contributed by atoms with Crippen molar-refractivity contribution in [3.63, 3.8) is 0 Å². The molecule has 0 amide bonds. The summed E-state index contributed by atoms with van der Waals surface area (Å²) >= 11 is 0. The third kappa shape index (κ3) is 2.89. The predicted molar refractivity (Wildman–Crippen MR) is 74.7 cm³/mol. The van der Waals surface area contributed by atoms with Crippen LogP contribution in [0.1, 0.15) is 39.5 Å². The molecular formula is C14H22F4O4S. The van der Waals surface area contributed by atoms with Crippen molar-refractivity contribution in [2.24, 2.45) is 29.6 Å². The van der Waals surface area contributed by atoms with Gasteiger partial charge in [0.1, 0.15) is 0 Å². The Kier molecular flexibility index (Phi) is 4.80. The number of halogens is 4. The molecule has 4 nitrogen and oxygen atoms in total. The van der Waals surface area contributed by atoms with Gasteiger partial charge in [-0.1, -0.05) is 13.8 Å². The van der Waals surface area contributed by atoms with E-state index in [1.807, 2.05) is 6.92 Å². The third-order valence-corrected chi connectivity index (χ3v) is 6.76. The summed E-state index contributed by atoms with van der Waals surface area (Å²) in [6.45, 7) is 3.11. The topological polar surface area (TPSA) is 74.6 Å². The summed E-state index contributed by atoms with van der Waals surface area (Å²) < 4.78 is 85.2. The largest absolute Gasteiger partial charge is 0.431 e. The molecule has 2 saturated carbocycles. The fourth-order valence-corrected chi connectivity index (χ4v) is 4.98. The molecule has 0 aliphatic heterocycles. The Balaban J connectivity index is 2.21. The second kappa shape index (κ2) is 5.84. The number of fused-ring (bicyclic) bond motifs is 2. The number of alkyl halides is 4. The van der Waals surface area contributed by atoms with Crippen molar-refractivity contribution in [2.75, 3.05) is 0 Å². The molecule has 0 heterocycles. The van der Waals surface area contributed by atoms with Crippen LogP contribution in [0.15, 0.2) is 0 Å². The van der Waals surface area contributed by atoms with E-state index in [9.17, 15) is 31.1 Å². The van der Waals surface area contributed by atoms with E-state index in [0.29, 0.717) is 12.8 Å². The fraction of sp³-hybridized carbons (Fsp3) is 1.00. The maximum absolute atomic E-state index is 14.1. The van der Waals surface area contributed by atoms with Crippen LogP contribution in [0.5, 0.6) is 0 Å². The lowest BCUT2D eigenvalue weighted by Gasteiger charge is -2.37. The summed E-state index contributed by atoms with van der Waals surface area (Å²) in [5, 5.41) is 4.30. The van der Waals surface area contributed by atoms with Crippen molar-refractivity contribution in [1.82, 2.24) is 0 Å². The zero-order valence-corrected chi connectivity index (χ0v) is 13.7. The Bertz CT molecular complexity index is 549. The zero-order chi connectivity index (χ0) is 17.8. The SMILES string of the molecule is CCC(CC1C2CC(O)C(C2)C1C)C(F)(F)C(F)(F)S(=O)(=O)O. The summed E-state index contributed by atoms with van der Waals surface area (Å²) in [5.74, 6) is -7.06. The van der Waals surface area contributed by atoms with Gasteiger partial charge in [-0.2, -0.15) is 26.0 Å². The molecule has 2 rings (SSSR count). The Morgan fingerprint density at radius 3 is 2.17 bits per heavy atom. The second-order valence-electron chi connectivity index (χ2n) is 6.94.